The lowest BCUT2D eigenvalue weighted by Crippen LogP contribution is -2.47. The van der Waals surface area contributed by atoms with Crippen LogP contribution in [0.3, 0.4) is 0 Å². The van der Waals surface area contributed by atoms with E-state index in [2.05, 4.69) is 26.8 Å². The first kappa shape index (κ1) is 18.7. The van der Waals surface area contributed by atoms with Crippen molar-refractivity contribution in [2.45, 2.75) is 20.0 Å². The van der Waals surface area contributed by atoms with E-state index in [1.807, 2.05) is 0 Å². The molecule has 132 valence electrons. The number of carbonyl (C=O) groups is 3. The minimum absolute atomic E-state index is 0.0939. The largest absolute Gasteiger partial charge is 0.481 e. The topological polar surface area (TPSA) is 89.4 Å². The third-order valence-corrected chi connectivity index (χ3v) is 3.86. The van der Waals surface area contributed by atoms with Gasteiger partial charge in [0, 0.05) is 23.3 Å². The maximum atomic E-state index is 12.1. The first-order valence-electron chi connectivity index (χ1n) is 7.47. The van der Waals surface area contributed by atoms with Gasteiger partial charge in [0.25, 0.3) is 11.8 Å². The lowest BCUT2D eigenvalue weighted by atomic mass is 10.1. The number of Topliss-reactive ketones (excluding diaryl/α,β-unsaturated/α-hetero) is 1. The van der Waals surface area contributed by atoms with Crippen LogP contribution in [-0.4, -0.2) is 28.3 Å². The number of ketones is 1. The average Bonchev–Trinajstić information content (AvgIpc) is 2.91. The van der Waals surface area contributed by atoms with Crippen molar-refractivity contribution in [3.63, 3.8) is 0 Å². The number of nitrogens with zero attached hydrogens (tertiary/aromatic N) is 1. The Morgan fingerprint density at radius 1 is 1.20 bits per heavy atom. The summed E-state index contributed by atoms with van der Waals surface area (Å²) in [6.07, 6.45) is 0.868. The second-order valence-corrected chi connectivity index (χ2v) is 6.36. The van der Waals surface area contributed by atoms with Gasteiger partial charge in [0.1, 0.15) is 11.4 Å². The quantitative estimate of drug-likeness (QED) is 0.587. The summed E-state index contributed by atoms with van der Waals surface area (Å²) in [6, 6.07) is 8.18. The second kappa shape index (κ2) is 7.98. The van der Waals surface area contributed by atoms with Crippen LogP contribution < -0.4 is 15.6 Å². The van der Waals surface area contributed by atoms with Crippen LogP contribution in [0.15, 0.2) is 41.0 Å². The standard InChI is InChI=1S/C17H18BrN3O4/c1-10(22)12-5-4-6-14(7-12)25-11(2)16(23)19-20-17(24)15-8-13(18)9-21(15)3/h4-9,11H,1-3H3,(H,19,23)(H,20,24). The van der Waals surface area contributed by atoms with Gasteiger partial charge in [-0.3, -0.25) is 25.2 Å². The van der Waals surface area contributed by atoms with Crippen molar-refractivity contribution < 1.29 is 19.1 Å². The molecule has 0 radical (unpaired) electrons. The van der Waals surface area contributed by atoms with Crippen molar-refractivity contribution in [3.8, 4) is 5.75 Å². The van der Waals surface area contributed by atoms with E-state index in [-0.39, 0.29) is 5.78 Å². The highest BCUT2D eigenvalue weighted by atomic mass is 79.9. The van der Waals surface area contributed by atoms with Crippen molar-refractivity contribution in [3.05, 3.63) is 52.3 Å². The molecule has 0 saturated heterocycles. The molecule has 2 rings (SSSR count). The number of hydrogen-bond acceptors (Lipinski definition) is 4. The van der Waals surface area contributed by atoms with Crippen LogP contribution in [0.4, 0.5) is 0 Å². The Kier molecular flexibility index (Phi) is 5.97. The van der Waals surface area contributed by atoms with E-state index < -0.39 is 17.9 Å². The van der Waals surface area contributed by atoms with Crippen molar-refractivity contribution in [2.75, 3.05) is 0 Å². The van der Waals surface area contributed by atoms with Gasteiger partial charge in [-0.2, -0.15) is 0 Å². The van der Waals surface area contributed by atoms with Gasteiger partial charge in [-0.25, -0.2) is 0 Å². The molecular weight excluding hydrogens is 390 g/mol. The summed E-state index contributed by atoms with van der Waals surface area (Å²) in [6.45, 7) is 2.99. The number of ether oxygens (including phenoxy) is 1. The number of halogens is 1. The molecule has 0 aliphatic rings. The van der Waals surface area contributed by atoms with Gasteiger partial charge in [0.05, 0.1) is 0 Å². The predicted octanol–water partition coefficient (Wildman–Crippen LogP) is 2.22. The summed E-state index contributed by atoms with van der Waals surface area (Å²) in [7, 11) is 1.72. The molecule has 1 aromatic carbocycles. The number of aryl methyl sites for hydroxylation is 1. The molecule has 1 aromatic heterocycles. The fraction of sp³-hybridized carbons (Fsp3) is 0.235. The smallest absolute Gasteiger partial charge is 0.286 e. The number of amides is 2. The van der Waals surface area contributed by atoms with Crippen LogP contribution in [0.5, 0.6) is 5.75 Å². The Labute approximate surface area is 153 Å². The molecule has 0 aliphatic carbocycles. The van der Waals surface area contributed by atoms with Crippen LogP contribution >= 0.6 is 15.9 Å². The fourth-order valence-corrected chi connectivity index (χ4v) is 2.60. The Balaban J connectivity index is 1.92. The summed E-state index contributed by atoms with van der Waals surface area (Å²) in [5.41, 5.74) is 5.53. The predicted molar refractivity (Wildman–Crippen MR) is 95.3 cm³/mol. The van der Waals surface area contributed by atoms with Crippen molar-refractivity contribution >= 4 is 33.5 Å². The third kappa shape index (κ3) is 4.93. The molecule has 8 heteroatoms. The van der Waals surface area contributed by atoms with E-state index in [9.17, 15) is 14.4 Å². The lowest BCUT2D eigenvalue weighted by Gasteiger charge is -2.15. The Hall–Kier alpha value is -2.61. The van der Waals surface area contributed by atoms with E-state index in [1.54, 1.807) is 55.1 Å². The zero-order valence-corrected chi connectivity index (χ0v) is 15.6. The van der Waals surface area contributed by atoms with Gasteiger partial charge < -0.3 is 9.30 Å². The maximum Gasteiger partial charge on any atom is 0.286 e. The lowest BCUT2D eigenvalue weighted by molar-refractivity contribution is -0.128. The summed E-state index contributed by atoms with van der Waals surface area (Å²) >= 11 is 3.28. The number of benzene rings is 1. The van der Waals surface area contributed by atoms with Gasteiger partial charge in [-0.05, 0) is 48.0 Å². The second-order valence-electron chi connectivity index (χ2n) is 5.44. The minimum Gasteiger partial charge on any atom is -0.481 e. The normalized spacial score (nSPS) is 11.5. The first-order valence-corrected chi connectivity index (χ1v) is 8.27. The van der Waals surface area contributed by atoms with Gasteiger partial charge in [-0.1, -0.05) is 12.1 Å². The van der Waals surface area contributed by atoms with Crippen molar-refractivity contribution in [1.82, 2.24) is 15.4 Å². The van der Waals surface area contributed by atoms with Gasteiger partial charge >= 0.3 is 0 Å². The van der Waals surface area contributed by atoms with Crippen molar-refractivity contribution in [2.24, 2.45) is 7.05 Å². The van der Waals surface area contributed by atoms with Crippen LogP contribution in [0.1, 0.15) is 34.7 Å². The van der Waals surface area contributed by atoms with E-state index in [0.29, 0.717) is 17.0 Å². The van der Waals surface area contributed by atoms with Crippen LogP contribution in [0.25, 0.3) is 0 Å². The molecule has 0 aliphatic heterocycles. The summed E-state index contributed by atoms with van der Waals surface area (Å²) in [4.78, 5) is 35.5. The maximum absolute atomic E-state index is 12.1. The summed E-state index contributed by atoms with van der Waals surface area (Å²) in [5, 5.41) is 0. The molecular formula is C17H18BrN3O4. The number of hydrogen-bond donors (Lipinski definition) is 2. The van der Waals surface area contributed by atoms with E-state index >= 15 is 0 Å². The molecule has 2 N–H and O–H groups in total. The number of nitrogens with one attached hydrogen (secondary N) is 2. The molecule has 2 amide bonds. The zero-order chi connectivity index (χ0) is 18.6. The molecule has 0 bridgehead atoms. The van der Waals surface area contributed by atoms with Gasteiger partial charge in [0.15, 0.2) is 11.9 Å². The first-order chi connectivity index (χ1) is 11.8. The molecule has 7 nitrogen and oxygen atoms in total. The molecule has 25 heavy (non-hydrogen) atoms. The number of rotatable bonds is 5. The molecule has 0 spiro atoms. The third-order valence-electron chi connectivity index (χ3n) is 3.43. The molecule has 1 atom stereocenters. The molecule has 0 saturated carbocycles. The van der Waals surface area contributed by atoms with Crippen LogP contribution in [-0.2, 0) is 11.8 Å². The van der Waals surface area contributed by atoms with Gasteiger partial charge in [-0.15, -0.1) is 0 Å². The highest BCUT2D eigenvalue weighted by Gasteiger charge is 2.17. The van der Waals surface area contributed by atoms with Crippen molar-refractivity contribution in [1.29, 1.82) is 0 Å². The Morgan fingerprint density at radius 2 is 1.92 bits per heavy atom. The Bertz CT molecular complexity index is 816. The fourth-order valence-electron chi connectivity index (χ4n) is 2.08. The number of hydrazine groups is 1. The van der Waals surface area contributed by atoms with E-state index in [4.69, 9.17) is 4.74 Å². The molecule has 2 aromatic rings. The monoisotopic (exact) mass is 407 g/mol. The molecule has 0 fully saturated rings. The SMILES string of the molecule is CC(=O)c1cccc(OC(C)C(=O)NNC(=O)c2cc(Br)cn2C)c1. The Morgan fingerprint density at radius 3 is 2.52 bits per heavy atom. The highest BCUT2D eigenvalue weighted by Crippen LogP contribution is 2.15. The molecule has 1 heterocycles. The number of carbonyl (C=O) groups excluding carboxylic acids is 3. The minimum atomic E-state index is -0.859. The zero-order valence-electron chi connectivity index (χ0n) is 14.0. The van der Waals surface area contributed by atoms with Crippen LogP contribution in [0.2, 0.25) is 0 Å². The molecule has 1 unspecified atom stereocenters. The van der Waals surface area contributed by atoms with Crippen LogP contribution in [0, 0.1) is 0 Å². The highest BCUT2D eigenvalue weighted by molar-refractivity contribution is 9.10. The number of aromatic nitrogens is 1. The average molecular weight is 408 g/mol. The van der Waals surface area contributed by atoms with E-state index in [0.717, 1.165) is 4.47 Å². The summed E-state index contributed by atoms with van der Waals surface area (Å²) < 4.78 is 7.89. The summed E-state index contributed by atoms with van der Waals surface area (Å²) in [5.74, 6) is -0.668. The van der Waals surface area contributed by atoms with Gasteiger partial charge in [0.2, 0.25) is 0 Å². The van der Waals surface area contributed by atoms with E-state index in [1.165, 1.54) is 6.92 Å².